The van der Waals surface area contributed by atoms with Crippen LogP contribution in [0.15, 0.2) is 36.4 Å². The predicted octanol–water partition coefficient (Wildman–Crippen LogP) is 3.80. The minimum Gasteiger partial charge on any atom is -0.358 e. The smallest absolute Gasteiger partial charge is 0.0456 e. The average Bonchev–Trinajstić information content (AvgIpc) is 2.90. The quantitative estimate of drug-likeness (QED) is 0.845. The molecule has 1 aliphatic heterocycles. The molecule has 1 aromatic heterocycles. The molecule has 0 atom stereocenters. The molecule has 0 radical (unpaired) electrons. The molecule has 18 heavy (non-hydrogen) atoms. The maximum absolute atomic E-state index is 5.91. The van der Waals surface area contributed by atoms with E-state index in [1.165, 1.54) is 29.8 Å². The topological polar surface area (TPSA) is 27.8 Å². The Morgan fingerprint density at radius 2 is 1.67 bits per heavy atom. The van der Waals surface area contributed by atoms with E-state index in [2.05, 4.69) is 34.6 Å². The predicted molar refractivity (Wildman–Crippen MR) is 76.1 cm³/mol. The van der Waals surface area contributed by atoms with E-state index < -0.39 is 0 Å². The highest BCUT2D eigenvalue weighted by Crippen LogP contribution is 2.28. The van der Waals surface area contributed by atoms with Gasteiger partial charge in [-0.2, -0.15) is 0 Å². The number of hydrogen-bond donors (Lipinski definition) is 2. The van der Waals surface area contributed by atoms with E-state index in [1.54, 1.807) is 0 Å². The van der Waals surface area contributed by atoms with Gasteiger partial charge < -0.3 is 10.3 Å². The van der Waals surface area contributed by atoms with Crippen LogP contribution in [0, 0.1) is 0 Å². The third kappa shape index (κ3) is 2.45. The molecule has 3 heteroatoms. The zero-order chi connectivity index (χ0) is 12.4. The largest absolute Gasteiger partial charge is 0.358 e. The Morgan fingerprint density at radius 3 is 2.39 bits per heavy atom. The van der Waals surface area contributed by atoms with Gasteiger partial charge in [0.25, 0.3) is 0 Å². The molecule has 1 aromatic carbocycles. The van der Waals surface area contributed by atoms with Crippen LogP contribution in [0.25, 0.3) is 11.3 Å². The van der Waals surface area contributed by atoms with Gasteiger partial charge >= 0.3 is 0 Å². The van der Waals surface area contributed by atoms with Crippen molar-refractivity contribution in [3.8, 4) is 11.3 Å². The third-order valence-electron chi connectivity index (χ3n) is 3.64. The van der Waals surface area contributed by atoms with Gasteiger partial charge in [-0.1, -0.05) is 23.7 Å². The summed E-state index contributed by atoms with van der Waals surface area (Å²) in [6.07, 6.45) is 2.45. The van der Waals surface area contributed by atoms with Crippen LogP contribution in [0.2, 0.25) is 5.02 Å². The van der Waals surface area contributed by atoms with Crippen molar-refractivity contribution in [2.75, 3.05) is 13.1 Å². The zero-order valence-electron chi connectivity index (χ0n) is 10.2. The van der Waals surface area contributed by atoms with Crippen LogP contribution in [0.5, 0.6) is 0 Å². The second kappa shape index (κ2) is 5.17. The lowest BCUT2D eigenvalue weighted by atomic mass is 9.95. The summed E-state index contributed by atoms with van der Waals surface area (Å²) in [7, 11) is 0. The van der Waals surface area contributed by atoms with E-state index in [0.717, 1.165) is 18.1 Å². The number of aromatic nitrogens is 1. The molecule has 0 unspecified atom stereocenters. The molecule has 0 bridgehead atoms. The van der Waals surface area contributed by atoms with Crippen molar-refractivity contribution < 1.29 is 0 Å². The standard InChI is InChI=1S/C15H17ClN2/c16-13-3-1-11(2-4-13)14-5-6-15(18-14)12-7-9-17-10-8-12/h1-6,12,17-18H,7-10H2. The highest BCUT2D eigenvalue weighted by molar-refractivity contribution is 6.30. The summed E-state index contributed by atoms with van der Waals surface area (Å²) in [4.78, 5) is 3.55. The first-order valence-corrected chi connectivity index (χ1v) is 6.86. The molecule has 2 aromatic rings. The summed E-state index contributed by atoms with van der Waals surface area (Å²) < 4.78 is 0. The molecular weight excluding hydrogens is 244 g/mol. The lowest BCUT2D eigenvalue weighted by molar-refractivity contribution is 0.454. The Balaban J connectivity index is 1.82. The number of halogens is 1. The van der Waals surface area contributed by atoms with E-state index in [-0.39, 0.29) is 0 Å². The summed E-state index contributed by atoms with van der Waals surface area (Å²) >= 11 is 5.91. The Kier molecular flexibility index (Phi) is 3.39. The molecule has 3 rings (SSSR count). The average molecular weight is 261 g/mol. The molecule has 2 N–H and O–H groups in total. The van der Waals surface area contributed by atoms with E-state index in [1.807, 2.05) is 12.1 Å². The number of rotatable bonds is 2. The van der Waals surface area contributed by atoms with Gasteiger partial charge in [-0.05, 0) is 55.8 Å². The Hall–Kier alpha value is -1.25. The van der Waals surface area contributed by atoms with Gasteiger partial charge in [0.05, 0.1) is 0 Å². The van der Waals surface area contributed by atoms with Crippen molar-refractivity contribution in [2.45, 2.75) is 18.8 Å². The summed E-state index contributed by atoms with van der Waals surface area (Å²) in [6, 6.07) is 12.4. The van der Waals surface area contributed by atoms with E-state index in [4.69, 9.17) is 11.6 Å². The number of H-pyrrole nitrogens is 1. The van der Waals surface area contributed by atoms with Crippen LogP contribution in [-0.4, -0.2) is 18.1 Å². The van der Waals surface area contributed by atoms with Gasteiger partial charge in [0.15, 0.2) is 0 Å². The monoisotopic (exact) mass is 260 g/mol. The summed E-state index contributed by atoms with van der Waals surface area (Å²) in [5.74, 6) is 0.673. The van der Waals surface area contributed by atoms with Gasteiger partial charge in [-0.25, -0.2) is 0 Å². The zero-order valence-corrected chi connectivity index (χ0v) is 11.0. The normalized spacial score (nSPS) is 16.9. The van der Waals surface area contributed by atoms with Crippen molar-refractivity contribution in [1.29, 1.82) is 0 Å². The molecule has 0 aliphatic carbocycles. The third-order valence-corrected chi connectivity index (χ3v) is 3.89. The van der Waals surface area contributed by atoms with Crippen LogP contribution in [0.3, 0.4) is 0 Å². The molecule has 1 aliphatic rings. The first-order chi connectivity index (χ1) is 8.83. The SMILES string of the molecule is Clc1ccc(-c2ccc(C3CCNCC3)[nH]2)cc1. The highest BCUT2D eigenvalue weighted by Gasteiger charge is 2.16. The number of hydrogen-bond acceptors (Lipinski definition) is 1. The second-order valence-electron chi connectivity index (χ2n) is 4.86. The molecular formula is C15H17ClN2. The van der Waals surface area contributed by atoms with Crippen molar-refractivity contribution in [3.05, 3.63) is 47.1 Å². The number of benzene rings is 1. The van der Waals surface area contributed by atoms with Crippen molar-refractivity contribution in [3.63, 3.8) is 0 Å². The Labute approximate surface area is 112 Å². The maximum Gasteiger partial charge on any atom is 0.0456 e. The van der Waals surface area contributed by atoms with Crippen LogP contribution < -0.4 is 5.32 Å². The molecule has 1 saturated heterocycles. The molecule has 0 amide bonds. The number of nitrogens with one attached hydrogen (secondary N) is 2. The van der Waals surface area contributed by atoms with Gasteiger partial charge in [0, 0.05) is 22.3 Å². The van der Waals surface area contributed by atoms with Crippen molar-refractivity contribution >= 4 is 11.6 Å². The lowest BCUT2D eigenvalue weighted by Crippen LogP contribution is -2.26. The number of piperidine rings is 1. The molecule has 0 spiro atoms. The van der Waals surface area contributed by atoms with E-state index >= 15 is 0 Å². The molecule has 2 heterocycles. The first-order valence-electron chi connectivity index (χ1n) is 6.48. The molecule has 0 saturated carbocycles. The fraction of sp³-hybridized carbons (Fsp3) is 0.333. The second-order valence-corrected chi connectivity index (χ2v) is 5.29. The van der Waals surface area contributed by atoms with Crippen LogP contribution in [-0.2, 0) is 0 Å². The molecule has 1 fully saturated rings. The maximum atomic E-state index is 5.91. The van der Waals surface area contributed by atoms with Crippen LogP contribution >= 0.6 is 11.6 Å². The van der Waals surface area contributed by atoms with Gasteiger partial charge in [0.2, 0.25) is 0 Å². The Morgan fingerprint density at radius 1 is 0.944 bits per heavy atom. The first kappa shape index (κ1) is 11.8. The van der Waals surface area contributed by atoms with Crippen molar-refractivity contribution in [1.82, 2.24) is 10.3 Å². The minimum atomic E-state index is 0.673. The van der Waals surface area contributed by atoms with Gasteiger partial charge in [0.1, 0.15) is 0 Å². The molecule has 2 nitrogen and oxygen atoms in total. The minimum absolute atomic E-state index is 0.673. The van der Waals surface area contributed by atoms with Crippen LogP contribution in [0.1, 0.15) is 24.5 Å². The highest BCUT2D eigenvalue weighted by atomic mass is 35.5. The van der Waals surface area contributed by atoms with E-state index in [0.29, 0.717) is 5.92 Å². The Bertz CT molecular complexity index is 510. The van der Waals surface area contributed by atoms with Gasteiger partial charge in [-0.15, -0.1) is 0 Å². The fourth-order valence-corrected chi connectivity index (χ4v) is 2.71. The number of aromatic amines is 1. The summed E-state index contributed by atoms with van der Waals surface area (Å²) in [6.45, 7) is 2.25. The van der Waals surface area contributed by atoms with Crippen molar-refractivity contribution in [2.24, 2.45) is 0 Å². The van der Waals surface area contributed by atoms with Gasteiger partial charge in [-0.3, -0.25) is 0 Å². The lowest BCUT2D eigenvalue weighted by Gasteiger charge is -2.21. The van der Waals surface area contributed by atoms with E-state index in [9.17, 15) is 0 Å². The summed E-state index contributed by atoms with van der Waals surface area (Å²) in [5, 5.41) is 4.18. The fourth-order valence-electron chi connectivity index (χ4n) is 2.58. The summed E-state index contributed by atoms with van der Waals surface area (Å²) in [5.41, 5.74) is 3.74. The molecule has 94 valence electrons. The van der Waals surface area contributed by atoms with Crippen LogP contribution in [0.4, 0.5) is 0 Å².